The highest BCUT2D eigenvalue weighted by atomic mass is 79.9. The fourth-order valence-electron chi connectivity index (χ4n) is 4.70. The standard InChI is InChI=1S/C26H23BrClN3O3S/c1-16-6-4-5-11-30(16)24(32)15-29-14-17(19-13-18(27)9-10-21(19)29)12-23-25(33)31(26(34)35-23)22-8-3-2-7-20(22)28/h2-3,7-10,12-14,16H,4-6,11,15H2,1H3/b23-12-/t16-/m1/s1. The second kappa shape index (κ2) is 9.84. The molecule has 9 heteroatoms. The van der Waals surface area contributed by atoms with Crippen LogP contribution < -0.4 is 4.90 Å². The van der Waals surface area contributed by atoms with Crippen molar-refractivity contribution in [3.63, 3.8) is 0 Å². The number of carbonyl (C=O) groups excluding carboxylic acids is 3. The molecular weight excluding hydrogens is 550 g/mol. The van der Waals surface area contributed by atoms with Crippen LogP contribution in [0.4, 0.5) is 10.5 Å². The molecule has 0 bridgehead atoms. The summed E-state index contributed by atoms with van der Waals surface area (Å²) in [5.74, 6) is -0.329. The van der Waals surface area contributed by atoms with E-state index < -0.39 is 11.1 Å². The molecule has 0 unspecified atom stereocenters. The first-order chi connectivity index (χ1) is 16.8. The molecule has 0 spiro atoms. The number of hydrogen-bond acceptors (Lipinski definition) is 4. The number of halogens is 2. The lowest BCUT2D eigenvalue weighted by Crippen LogP contribution is -2.43. The number of aromatic nitrogens is 1. The van der Waals surface area contributed by atoms with Gasteiger partial charge in [-0.15, -0.1) is 0 Å². The average Bonchev–Trinajstić information content (AvgIpc) is 3.30. The molecule has 0 radical (unpaired) electrons. The van der Waals surface area contributed by atoms with E-state index >= 15 is 0 Å². The van der Waals surface area contributed by atoms with E-state index in [0.29, 0.717) is 15.6 Å². The van der Waals surface area contributed by atoms with Gasteiger partial charge in [-0.25, -0.2) is 4.90 Å². The van der Waals surface area contributed by atoms with Gasteiger partial charge in [0, 0.05) is 39.7 Å². The Morgan fingerprint density at radius 3 is 2.77 bits per heavy atom. The van der Waals surface area contributed by atoms with Crippen molar-refractivity contribution in [3.8, 4) is 0 Å². The molecule has 0 aliphatic carbocycles. The van der Waals surface area contributed by atoms with Crippen molar-refractivity contribution in [2.45, 2.75) is 38.8 Å². The molecule has 35 heavy (non-hydrogen) atoms. The van der Waals surface area contributed by atoms with Crippen molar-refractivity contribution in [1.29, 1.82) is 0 Å². The van der Waals surface area contributed by atoms with Crippen LogP contribution in [-0.4, -0.2) is 39.1 Å². The summed E-state index contributed by atoms with van der Waals surface area (Å²) in [5.41, 5.74) is 2.03. The first kappa shape index (κ1) is 24.2. The van der Waals surface area contributed by atoms with Crippen molar-refractivity contribution < 1.29 is 14.4 Å². The van der Waals surface area contributed by atoms with Gasteiger partial charge in [-0.1, -0.05) is 39.7 Å². The summed E-state index contributed by atoms with van der Waals surface area (Å²) in [7, 11) is 0. The molecule has 0 N–H and O–H groups in total. The molecular formula is C26H23BrClN3O3S. The monoisotopic (exact) mass is 571 g/mol. The molecule has 2 fully saturated rings. The van der Waals surface area contributed by atoms with Crippen LogP contribution in [0.3, 0.4) is 0 Å². The summed E-state index contributed by atoms with van der Waals surface area (Å²) in [4.78, 5) is 42.4. The third kappa shape index (κ3) is 4.67. The maximum absolute atomic E-state index is 13.2. The van der Waals surface area contributed by atoms with Crippen LogP contribution in [0.5, 0.6) is 0 Å². The summed E-state index contributed by atoms with van der Waals surface area (Å²) in [5, 5.41) is 0.832. The minimum Gasteiger partial charge on any atom is -0.338 e. The van der Waals surface area contributed by atoms with Gasteiger partial charge in [0.25, 0.3) is 11.1 Å². The zero-order valence-corrected chi connectivity index (χ0v) is 22.2. The smallest absolute Gasteiger partial charge is 0.298 e. The quantitative estimate of drug-likeness (QED) is 0.327. The van der Waals surface area contributed by atoms with Crippen molar-refractivity contribution in [2.75, 3.05) is 11.4 Å². The Labute approximate surface area is 221 Å². The summed E-state index contributed by atoms with van der Waals surface area (Å²) in [6, 6.07) is 12.9. The third-order valence-corrected chi connectivity index (χ3v) is 8.16. The molecule has 0 saturated carbocycles. The normalized spacial score (nSPS) is 19.9. The van der Waals surface area contributed by atoms with Gasteiger partial charge in [0.05, 0.1) is 15.6 Å². The van der Waals surface area contributed by atoms with Gasteiger partial charge in [-0.3, -0.25) is 14.4 Å². The number of para-hydroxylation sites is 1. The summed E-state index contributed by atoms with van der Waals surface area (Å²) < 4.78 is 2.81. The van der Waals surface area contributed by atoms with Crippen molar-refractivity contribution in [1.82, 2.24) is 9.47 Å². The first-order valence-electron chi connectivity index (χ1n) is 11.4. The Morgan fingerprint density at radius 2 is 2.00 bits per heavy atom. The van der Waals surface area contributed by atoms with Gasteiger partial charge >= 0.3 is 0 Å². The maximum Gasteiger partial charge on any atom is 0.298 e. The SMILES string of the molecule is C[C@@H]1CCCCN1C(=O)Cn1cc(/C=C2\SC(=O)N(c3ccccc3Cl)C2=O)c2cc(Br)ccc21. The second-order valence-corrected chi connectivity index (χ2v) is 11.1. The molecule has 3 heterocycles. The van der Waals surface area contributed by atoms with Crippen molar-refractivity contribution in [2.24, 2.45) is 0 Å². The van der Waals surface area contributed by atoms with Crippen LogP contribution in [0.1, 0.15) is 31.7 Å². The van der Waals surface area contributed by atoms with Crippen LogP contribution in [0.25, 0.3) is 17.0 Å². The van der Waals surface area contributed by atoms with Crippen molar-refractivity contribution >= 4 is 79.0 Å². The van der Waals surface area contributed by atoms with Crippen LogP contribution in [-0.2, 0) is 16.1 Å². The molecule has 2 aliphatic heterocycles. The molecule has 1 atom stereocenters. The summed E-state index contributed by atoms with van der Waals surface area (Å²) in [6.45, 7) is 3.10. The Balaban J connectivity index is 1.49. The van der Waals surface area contributed by atoms with E-state index in [9.17, 15) is 14.4 Å². The maximum atomic E-state index is 13.2. The number of anilines is 1. The Morgan fingerprint density at radius 1 is 1.20 bits per heavy atom. The lowest BCUT2D eigenvalue weighted by molar-refractivity contribution is -0.135. The minimum atomic E-state index is -0.415. The highest BCUT2D eigenvalue weighted by Gasteiger charge is 2.37. The van der Waals surface area contributed by atoms with Gasteiger partial charge in [-0.2, -0.15) is 0 Å². The molecule has 180 valence electrons. The number of fused-ring (bicyclic) bond motifs is 1. The number of thioether (sulfide) groups is 1. The molecule has 6 nitrogen and oxygen atoms in total. The number of hydrogen-bond donors (Lipinski definition) is 0. The van der Waals surface area contributed by atoms with E-state index in [1.165, 1.54) is 0 Å². The van der Waals surface area contributed by atoms with Crippen LogP contribution >= 0.6 is 39.3 Å². The fraction of sp³-hybridized carbons (Fsp3) is 0.269. The number of nitrogens with zero attached hydrogens (tertiary/aromatic N) is 3. The number of amides is 3. The van der Waals surface area contributed by atoms with Gasteiger partial charge in [0.15, 0.2) is 0 Å². The second-order valence-electron chi connectivity index (χ2n) is 8.77. The first-order valence-corrected chi connectivity index (χ1v) is 13.4. The van der Waals surface area contributed by atoms with E-state index in [-0.39, 0.29) is 18.5 Å². The van der Waals surface area contributed by atoms with Gasteiger partial charge in [0.1, 0.15) is 6.54 Å². The third-order valence-electron chi connectivity index (χ3n) is 6.48. The zero-order valence-electron chi connectivity index (χ0n) is 19.0. The largest absolute Gasteiger partial charge is 0.338 e. The lowest BCUT2D eigenvalue weighted by Gasteiger charge is -2.33. The number of piperidine rings is 1. The molecule has 3 aromatic rings. The van der Waals surface area contributed by atoms with Crippen LogP contribution in [0, 0.1) is 0 Å². The molecule has 2 aromatic carbocycles. The topological polar surface area (TPSA) is 62.6 Å². The molecule has 1 aromatic heterocycles. The highest BCUT2D eigenvalue weighted by molar-refractivity contribution is 9.10. The van der Waals surface area contributed by atoms with E-state index in [2.05, 4.69) is 22.9 Å². The zero-order chi connectivity index (χ0) is 24.7. The Kier molecular flexibility index (Phi) is 6.79. The Bertz CT molecular complexity index is 1390. The highest BCUT2D eigenvalue weighted by Crippen LogP contribution is 2.39. The Hall–Kier alpha value is -2.55. The number of carbonyl (C=O) groups is 3. The lowest BCUT2D eigenvalue weighted by atomic mass is 10.0. The van der Waals surface area contributed by atoms with Gasteiger partial charge < -0.3 is 9.47 Å². The number of benzene rings is 2. The predicted molar refractivity (Wildman–Crippen MR) is 145 cm³/mol. The van der Waals surface area contributed by atoms with Gasteiger partial charge in [0.2, 0.25) is 5.91 Å². The fourth-order valence-corrected chi connectivity index (χ4v) is 6.10. The summed E-state index contributed by atoms with van der Waals surface area (Å²) >= 11 is 10.7. The molecule has 5 rings (SSSR count). The minimum absolute atomic E-state index is 0.0858. The van der Waals surface area contributed by atoms with Crippen LogP contribution in [0.15, 0.2) is 58.0 Å². The summed E-state index contributed by atoms with van der Waals surface area (Å²) in [6.07, 6.45) is 6.81. The van der Waals surface area contributed by atoms with E-state index in [1.54, 1.807) is 30.3 Å². The average molecular weight is 573 g/mol. The molecule has 3 amide bonds. The van der Waals surface area contributed by atoms with Crippen molar-refractivity contribution in [3.05, 3.63) is 68.6 Å². The molecule has 2 saturated heterocycles. The number of imide groups is 1. The number of rotatable bonds is 4. The van der Waals surface area contributed by atoms with E-state index in [4.69, 9.17) is 11.6 Å². The number of likely N-dealkylation sites (tertiary alicyclic amines) is 1. The van der Waals surface area contributed by atoms with E-state index in [0.717, 1.165) is 63.4 Å². The van der Waals surface area contributed by atoms with E-state index in [1.807, 2.05) is 33.9 Å². The van der Waals surface area contributed by atoms with Crippen LogP contribution in [0.2, 0.25) is 5.02 Å². The van der Waals surface area contributed by atoms with Gasteiger partial charge in [-0.05, 0) is 74.4 Å². The predicted octanol–water partition coefficient (Wildman–Crippen LogP) is 6.70. The molecule has 2 aliphatic rings.